The van der Waals surface area contributed by atoms with Gasteiger partial charge < -0.3 is 19.7 Å². The second-order valence-electron chi connectivity index (χ2n) is 3.89. The van der Waals surface area contributed by atoms with Gasteiger partial charge in [-0.2, -0.15) is 0 Å². The van der Waals surface area contributed by atoms with E-state index < -0.39 is 42.3 Å². The number of carbonyl (C=O) groups excluding carboxylic acids is 2. The Morgan fingerprint density at radius 1 is 1.53 bits per heavy atom. The molecule has 1 saturated heterocycles. The van der Waals surface area contributed by atoms with Crippen LogP contribution in [0.4, 0.5) is 0 Å². The quantitative estimate of drug-likeness (QED) is 0.523. The minimum absolute atomic E-state index is 0.204. The van der Waals surface area contributed by atoms with E-state index in [4.69, 9.17) is 9.47 Å². The Kier molecular flexibility index (Phi) is 2.40. The molecule has 2 fully saturated rings. The Morgan fingerprint density at radius 3 is 2.80 bits per heavy atom. The molecule has 1 aliphatic carbocycles. The van der Waals surface area contributed by atoms with Gasteiger partial charge in [0.05, 0.1) is 6.10 Å². The Hall–Kier alpha value is -1.14. The zero-order chi connectivity index (χ0) is 11.2. The van der Waals surface area contributed by atoms with E-state index in [2.05, 4.69) is 0 Å². The summed E-state index contributed by atoms with van der Waals surface area (Å²) in [7, 11) is 0. The van der Waals surface area contributed by atoms with E-state index in [1.54, 1.807) is 0 Å². The first-order chi connectivity index (χ1) is 7.00. The van der Waals surface area contributed by atoms with Crippen LogP contribution in [-0.4, -0.2) is 46.6 Å². The van der Waals surface area contributed by atoms with Gasteiger partial charge in [0.1, 0.15) is 12.2 Å². The minimum Gasteiger partial charge on any atom is -0.456 e. The first-order valence-electron chi connectivity index (χ1n) is 4.74. The molecule has 0 bridgehead atoms. The summed E-state index contributed by atoms with van der Waals surface area (Å²) in [5, 5.41) is 18.8. The summed E-state index contributed by atoms with van der Waals surface area (Å²) in [6.45, 7) is 1.20. The third-order valence-corrected chi connectivity index (χ3v) is 2.83. The maximum absolute atomic E-state index is 11.3. The summed E-state index contributed by atoms with van der Waals surface area (Å²) < 4.78 is 9.65. The number of fused-ring (bicyclic) bond motifs is 1. The van der Waals surface area contributed by atoms with Gasteiger partial charge >= 0.3 is 11.9 Å². The van der Waals surface area contributed by atoms with Crippen LogP contribution in [-0.2, 0) is 19.1 Å². The van der Waals surface area contributed by atoms with Gasteiger partial charge in [-0.15, -0.1) is 0 Å². The van der Waals surface area contributed by atoms with E-state index in [1.807, 2.05) is 0 Å². The highest BCUT2D eigenvalue weighted by Gasteiger charge is 2.56. The van der Waals surface area contributed by atoms with Crippen LogP contribution in [0.15, 0.2) is 0 Å². The smallest absolute Gasteiger partial charge is 0.348 e. The molecule has 0 amide bonds. The predicted molar refractivity (Wildman–Crippen MR) is 45.6 cm³/mol. The summed E-state index contributed by atoms with van der Waals surface area (Å²) in [6, 6.07) is 0. The van der Waals surface area contributed by atoms with Crippen molar-refractivity contribution < 1.29 is 29.3 Å². The predicted octanol–water partition coefficient (Wildman–Crippen LogP) is -1.41. The van der Waals surface area contributed by atoms with Crippen molar-refractivity contribution in [1.82, 2.24) is 0 Å². The monoisotopic (exact) mass is 216 g/mol. The van der Waals surface area contributed by atoms with Gasteiger partial charge in [0, 0.05) is 12.8 Å². The summed E-state index contributed by atoms with van der Waals surface area (Å²) in [5.41, 5.74) is 0. The average Bonchev–Trinajstić information content (AvgIpc) is 2.56. The number of aliphatic hydroxyl groups is 2. The molecule has 0 radical (unpaired) electrons. The molecule has 2 N–H and O–H groups in total. The maximum Gasteiger partial charge on any atom is 0.348 e. The average molecular weight is 216 g/mol. The molecule has 84 valence electrons. The van der Waals surface area contributed by atoms with Gasteiger partial charge in [-0.3, -0.25) is 4.79 Å². The van der Waals surface area contributed by atoms with Crippen LogP contribution in [0.3, 0.4) is 0 Å². The van der Waals surface area contributed by atoms with Crippen LogP contribution in [0.25, 0.3) is 0 Å². The van der Waals surface area contributed by atoms with Crippen LogP contribution in [0.2, 0.25) is 0 Å². The maximum atomic E-state index is 11.3. The third kappa shape index (κ3) is 1.59. The van der Waals surface area contributed by atoms with Gasteiger partial charge in [-0.1, -0.05) is 0 Å². The van der Waals surface area contributed by atoms with Gasteiger partial charge in [0.25, 0.3) is 0 Å². The van der Waals surface area contributed by atoms with Crippen LogP contribution < -0.4 is 0 Å². The van der Waals surface area contributed by atoms with Gasteiger partial charge in [0.2, 0.25) is 6.10 Å². The molecule has 2 aliphatic rings. The van der Waals surface area contributed by atoms with E-state index in [-0.39, 0.29) is 6.42 Å². The summed E-state index contributed by atoms with van der Waals surface area (Å²) in [4.78, 5) is 22.0. The molecule has 1 heterocycles. The molecule has 1 aliphatic heterocycles. The summed E-state index contributed by atoms with van der Waals surface area (Å²) in [5.74, 6) is -1.66. The fraction of sp³-hybridized carbons (Fsp3) is 0.778. The molecule has 0 aromatic carbocycles. The lowest BCUT2D eigenvalue weighted by Crippen LogP contribution is -2.30. The first kappa shape index (κ1) is 10.4. The number of ether oxygens (including phenoxy) is 2. The van der Waals surface area contributed by atoms with Gasteiger partial charge in [-0.05, 0) is 6.42 Å². The van der Waals surface area contributed by atoms with Crippen LogP contribution in [0.5, 0.6) is 0 Å². The van der Waals surface area contributed by atoms with Gasteiger partial charge in [-0.25, -0.2) is 4.79 Å². The van der Waals surface area contributed by atoms with Crippen LogP contribution in [0.1, 0.15) is 13.3 Å². The van der Waals surface area contributed by atoms with E-state index in [0.29, 0.717) is 0 Å². The van der Waals surface area contributed by atoms with Crippen molar-refractivity contribution in [2.24, 2.45) is 5.92 Å². The fourth-order valence-corrected chi connectivity index (χ4v) is 2.17. The minimum atomic E-state index is -1.08. The zero-order valence-corrected chi connectivity index (χ0v) is 8.12. The van der Waals surface area contributed by atoms with E-state index in [9.17, 15) is 19.8 Å². The standard InChI is InChI=1S/C9H12O6/c1-3(10)14-8-4-2-5(11)6(12)7(4)15-9(8)13/h4-8,11-12H,2H2,1H3/t4-,5-,6+,7-,8+/m1/s1. The van der Waals surface area contributed by atoms with Crippen LogP contribution >= 0.6 is 0 Å². The second kappa shape index (κ2) is 3.46. The molecule has 1 saturated carbocycles. The first-order valence-corrected chi connectivity index (χ1v) is 4.74. The molecular weight excluding hydrogens is 204 g/mol. The summed E-state index contributed by atoms with van der Waals surface area (Å²) >= 11 is 0. The molecule has 0 unspecified atom stereocenters. The van der Waals surface area contributed by atoms with Gasteiger partial charge in [0.15, 0.2) is 0 Å². The van der Waals surface area contributed by atoms with E-state index >= 15 is 0 Å². The van der Waals surface area contributed by atoms with Crippen molar-refractivity contribution in [3.05, 3.63) is 0 Å². The molecule has 6 heteroatoms. The number of hydrogen-bond acceptors (Lipinski definition) is 6. The van der Waals surface area contributed by atoms with Crippen molar-refractivity contribution in [2.45, 2.75) is 37.8 Å². The number of hydrogen-bond donors (Lipinski definition) is 2. The van der Waals surface area contributed by atoms with Crippen molar-refractivity contribution in [2.75, 3.05) is 0 Å². The lowest BCUT2D eigenvalue weighted by Gasteiger charge is -2.12. The molecular formula is C9H12O6. The topological polar surface area (TPSA) is 93.1 Å². The molecule has 6 nitrogen and oxygen atoms in total. The number of carbonyl (C=O) groups is 2. The number of rotatable bonds is 1. The number of aliphatic hydroxyl groups excluding tert-OH is 2. The molecule has 15 heavy (non-hydrogen) atoms. The summed E-state index contributed by atoms with van der Waals surface area (Å²) in [6.07, 6.45) is -3.54. The SMILES string of the molecule is CC(=O)O[C@@H]1C(=O)O[C@H]2[C@@H](O)[C@H](O)C[C@H]21. The Labute approximate surface area is 85.8 Å². The third-order valence-electron chi connectivity index (χ3n) is 2.83. The zero-order valence-electron chi connectivity index (χ0n) is 8.12. The largest absolute Gasteiger partial charge is 0.456 e. The van der Waals surface area contributed by atoms with Crippen molar-refractivity contribution >= 4 is 11.9 Å². The van der Waals surface area contributed by atoms with Crippen molar-refractivity contribution in [3.8, 4) is 0 Å². The molecule has 0 spiro atoms. The molecule has 0 aromatic rings. The highest BCUT2D eigenvalue weighted by molar-refractivity contribution is 5.81. The lowest BCUT2D eigenvalue weighted by atomic mass is 10.0. The highest BCUT2D eigenvalue weighted by Crippen LogP contribution is 2.38. The second-order valence-corrected chi connectivity index (χ2v) is 3.89. The fourth-order valence-electron chi connectivity index (χ4n) is 2.17. The molecule has 2 rings (SSSR count). The Morgan fingerprint density at radius 2 is 2.20 bits per heavy atom. The highest BCUT2D eigenvalue weighted by atomic mass is 16.6. The van der Waals surface area contributed by atoms with Crippen molar-refractivity contribution in [1.29, 1.82) is 0 Å². The Bertz CT molecular complexity index is 301. The number of esters is 2. The van der Waals surface area contributed by atoms with E-state index in [1.165, 1.54) is 6.92 Å². The van der Waals surface area contributed by atoms with E-state index in [0.717, 1.165) is 0 Å². The lowest BCUT2D eigenvalue weighted by molar-refractivity contribution is -0.163. The van der Waals surface area contributed by atoms with Crippen molar-refractivity contribution in [3.63, 3.8) is 0 Å². The normalized spacial score (nSPS) is 43.7. The Balaban J connectivity index is 2.13. The van der Waals surface area contributed by atoms with Crippen LogP contribution in [0, 0.1) is 5.92 Å². The molecule has 5 atom stereocenters. The molecule has 0 aromatic heterocycles.